The molecule has 2 rings (SSSR count). The maximum Gasteiger partial charge on any atom is 0.349 e. The van der Waals surface area contributed by atoms with Gasteiger partial charge in [-0.3, -0.25) is 0 Å². The summed E-state index contributed by atoms with van der Waals surface area (Å²) in [5.41, 5.74) is -0.884. The molecule has 0 fully saturated rings. The third kappa shape index (κ3) is 4.19. The molecule has 2 aromatic rings. The molecule has 3 heteroatoms. The summed E-state index contributed by atoms with van der Waals surface area (Å²) < 4.78 is 20.9. The van der Waals surface area contributed by atoms with Crippen molar-refractivity contribution in [2.75, 3.05) is 0 Å². The summed E-state index contributed by atoms with van der Waals surface area (Å²) in [5, 5.41) is 0. The summed E-state index contributed by atoms with van der Waals surface area (Å²) in [6.45, 7) is 3.74. The molecular formula is C20H23FO2. The van der Waals surface area contributed by atoms with Crippen LogP contribution in [0.2, 0.25) is 0 Å². The molecule has 0 bridgehead atoms. The quantitative estimate of drug-likeness (QED) is 0.644. The Morgan fingerprint density at radius 1 is 1.09 bits per heavy atom. The highest BCUT2D eigenvalue weighted by atomic mass is 19.1. The number of hydrogen-bond donors (Lipinski definition) is 0. The van der Waals surface area contributed by atoms with Crippen LogP contribution in [-0.4, -0.2) is 5.97 Å². The van der Waals surface area contributed by atoms with Gasteiger partial charge in [-0.15, -0.1) is 0 Å². The molecule has 0 spiro atoms. The summed E-state index contributed by atoms with van der Waals surface area (Å²) in [4.78, 5) is 12.6. The summed E-state index contributed by atoms with van der Waals surface area (Å²) in [6.07, 6.45) is 1.10. The van der Waals surface area contributed by atoms with Gasteiger partial charge in [0.2, 0.25) is 5.67 Å². The third-order valence-electron chi connectivity index (χ3n) is 3.98. The van der Waals surface area contributed by atoms with E-state index in [4.69, 9.17) is 4.74 Å². The first-order valence-electron chi connectivity index (χ1n) is 8.08. The van der Waals surface area contributed by atoms with Gasteiger partial charge in [0.05, 0.1) is 0 Å². The molecule has 2 nitrogen and oxygen atoms in total. The van der Waals surface area contributed by atoms with Crippen molar-refractivity contribution < 1.29 is 13.9 Å². The van der Waals surface area contributed by atoms with Gasteiger partial charge in [-0.2, -0.15) is 0 Å². The van der Waals surface area contributed by atoms with E-state index in [1.807, 2.05) is 43.3 Å². The number of halogens is 1. The molecule has 122 valence electrons. The van der Waals surface area contributed by atoms with Gasteiger partial charge in [-0.05, 0) is 25.3 Å². The Balaban J connectivity index is 2.20. The van der Waals surface area contributed by atoms with Crippen LogP contribution in [0.5, 0.6) is 0 Å². The van der Waals surface area contributed by atoms with Crippen LogP contribution >= 0.6 is 0 Å². The van der Waals surface area contributed by atoms with Crippen molar-refractivity contribution in [2.45, 2.75) is 44.9 Å². The van der Waals surface area contributed by atoms with Gasteiger partial charge in [0.25, 0.3) is 0 Å². The standard InChI is InChI=1S/C20H23FO2/c1-3-4-15-20(21,18-13-9-6-10-14-18)19(22)23-16(2)17-11-7-5-8-12-17/h5-14,16H,3-4,15H2,1-2H3. The number of esters is 1. The Labute approximate surface area is 137 Å². The number of unbranched alkanes of at least 4 members (excludes halogenated alkanes) is 1. The van der Waals surface area contributed by atoms with E-state index in [9.17, 15) is 4.79 Å². The maximum atomic E-state index is 15.5. The summed E-state index contributed by atoms with van der Waals surface area (Å²) in [5.74, 6) is -0.812. The molecule has 0 aromatic heterocycles. The summed E-state index contributed by atoms with van der Waals surface area (Å²) in [7, 11) is 0. The fourth-order valence-electron chi connectivity index (χ4n) is 2.53. The molecule has 0 N–H and O–H groups in total. The average Bonchev–Trinajstić information content (AvgIpc) is 2.61. The SMILES string of the molecule is CCCCC(F)(C(=O)OC(C)c1ccccc1)c1ccccc1. The van der Waals surface area contributed by atoms with Gasteiger partial charge in [-0.1, -0.05) is 74.0 Å². The first-order chi connectivity index (χ1) is 11.1. The van der Waals surface area contributed by atoms with Gasteiger partial charge in [0.15, 0.2) is 0 Å². The molecule has 2 aromatic carbocycles. The van der Waals surface area contributed by atoms with Crippen molar-refractivity contribution in [3.05, 3.63) is 71.8 Å². The van der Waals surface area contributed by atoms with E-state index in [-0.39, 0.29) is 6.42 Å². The first-order valence-corrected chi connectivity index (χ1v) is 8.08. The Kier molecular flexibility index (Phi) is 5.91. The summed E-state index contributed by atoms with van der Waals surface area (Å²) in [6, 6.07) is 17.9. The van der Waals surface area contributed by atoms with Crippen LogP contribution in [0.15, 0.2) is 60.7 Å². The lowest BCUT2D eigenvalue weighted by molar-refractivity contribution is -0.164. The van der Waals surface area contributed by atoms with Gasteiger partial charge in [0, 0.05) is 5.56 Å². The van der Waals surface area contributed by atoms with Crippen molar-refractivity contribution >= 4 is 5.97 Å². The zero-order chi connectivity index (χ0) is 16.7. The fourth-order valence-corrected chi connectivity index (χ4v) is 2.53. The Morgan fingerprint density at radius 2 is 1.65 bits per heavy atom. The number of ether oxygens (including phenoxy) is 1. The van der Waals surface area contributed by atoms with Crippen molar-refractivity contribution in [3.8, 4) is 0 Å². The van der Waals surface area contributed by atoms with E-state index >= 15 is 4.39 Å². The minimum absolute atomic E-state index is 0.133. The van der Waals surface area contributed by atoms with Crippen LogP contribution in [-0.2, 0) is 15.2 Å². The van der Waals surface area contributed by atoms with Crippen molar-refractivity contribution in [1.82, 2.24) is 0 Å². The highest BCUT2D eigenvalue weighted by molar-refractivity contribution is 5.81. The monoisotopic (exact) mass is 314 g/mol. The zero-order valence-corrected chi connectivity index (χ0v) is 13.7. The first kappa shape index (κ1) is 17.2. The van der Waals surface area contributed by atoms with Crippen LogP contribution in [0.3, 0.4) is 0 Å². The van der Waals surface area contributed by atoms with Crippen LogP contribution in [0, 0.1) is 0 Å². The van der Waals surface area contributed by atoms with Crippen LogP contribution in [0.1, 0.15) is 50.3 Å². The minimum atomic E-state index is -2.10. The van der Waals surface area contributed by atoms with Gasteiger partial charge in [-0.25, -0.2) is 9.18 Å². The lowest BCUT2D eigenvalue weighted by Crippen LogP contribution is -2.33. The topological polar surface area (TPSA) is 26.3 Å². The highest BCUT2D eigenvalue weighted by Crippen LogP contribution is 2.35. The van der Waals surface area contributed by atoms with Crippen LogP contribution < -0.4 is 0 Å². The van der Waals surface area contributed by atoms with Crippen molar-refractivity contribution in [3.63, 3.8) is 0 Å². The predicted octanol–water partition coefficient (Wildman–Crippen LogP) is 5.35. The van der Waals surface area contributed by atoms with E-state index in [1.54, 1.807) is 31.2 Å². The number of carbonyl (C=O) groups is 1. The van der Waals surface area contributed by atoms with Crippen molar-refractivity contribution in [1.29, 1.82) is 0 Å². The molecule has 23 heavy (non-hydrogen) atoms. The molecule has 0 heterocycles. The van der Waals surface area contributed by atoms with E-state index in [0.717, 1.165) is 12.0 Å². The molecule has 0 aliphatic heterocycles. The van der Waals surface area contributed by atoms with Crippen LogP contribution in [0.4, 0.5) is 4.39 Å². The highest BCUT2D eigenvalue weighted by Gasteiger charge is 2.42. The number of rotatable bonds is 7. The average molecular weight is 314 g/mol. The molecule has 2 atom stereocenters. The molecule has 0 saturated carbocycles. The van der Waals surface area contributed by atoms with E-state index < -0.39 is 17.7 Å². The second kappa shape index (κ2) is 7.91. The molecule has 0 saturated heterocycles. The van der Waals surface area contributed by atoms with Gasteiger partial charge in [0.1, 0.15) is 6.10 Å². The molecule has 0 aliphatic rings. The lowest BCUT2D eigenvalue weighted by atomic mass is 9.90. The Morgan fingerprint density at radius 3 is 2.22 bits per heavy atom. The Hall–Kier alpha value is -2.16. The van der Waals surface area contributed by atoms with Crippen LogP contribution in [0.25, 0.3) is 0 Å². The van der Waals surface area contributed by atoms with Gasteiger partial charge >= 0.3 is 5.97 Å². The summed E-state index contributed by atoms with van der Waals surface area (Å²) >= 11 is 0. The molecular weight excluding hydrogens is 291 g/mol. The lowest BCUT2D eigenvalue weighted by Gasteiger charge is -2.26. The Bertz CT molecular complexity index is 612. The van der Waals surface area contributed by atoms with Gasteiger partial charge < -0.3 is 4.74 Å². The number of alkyl halides is 1. The second-order valence-electron chi connectivity index (χ2n) is 5.73. The number of carbonyl (C=O) groups excluding carboxylic acids is 1. The maximum absolute atomic E-state index is 15.5. The smallest absolute Gasteiger partial charge is 0.349 e. The second-order valence-corrected chi connectivity index (χ2v) is 5.73. The van der Waals surface area contributed by atoms with Crippen molar-refractivity contribution in [2.24, 2.45) is 0 Å². The normalized spacial score (nSPS) is 14.7. The predicted molar refractivity (Wildman–Crippen MR) is 89.7 cm³/mol. The molecule has 0 aliphatic carbocycles. The van der Waals surface area contributed by atoms with E-state index in [1.165, 1.54) is 0 Å². The largest absolute Gasteiger partial charge is 0.455 e. The van der Waals surface area contributed by atoms with E-state index in [2.05, 4.69) is 0 Å². The third-order valence-corrected chi connectivity index (χ3v) is 3.98. The molecule has 0 radical (unpaired) electrons. The number of hydrogen-bond acceptors (Lipinski definition) is 2. The molecule has 0 amide bonds. The zero-order valence-electron chi connectivity index (χ0n) is 13.7. The number of benzene rings is 2. The fraction of sp³-hybridized carbons (Fsp3) is 0.350. The van der Waals surface area contributed by atoms with E-state index in [0.29, 0.717) is 12.0 Å². The minimum Gasteiger partial charge on any atom is -0.455 e. The molecule has 2 unspecified atom stereocenters.